The van der Waals surface area contributed by atoms with E-state index in [1.165, 1.54) is 0 Å². The van der Waals surface area contributed by atoms with Gasteiger partial charge in [0.25, 0.3) is 0 Å². The van der Waals surface area contributed by atoms with Gasteiger partial charge in [-0.1, -0.05) is 20.8 Å². The average Bonchev–Trinajstić information content (AvgIpc) is 2.35. The molecule has 1 atom stereocenters. The normalized spacial score (nSPS) is 12.9. The van der Waals surface area contributed by atoms with Crippen molar-refractivity contribution in [2.24, 2.45) is 11.8 Å². The van der Waals surface area contributed by atoms with Crippen molar-refractivity contribution in [3.05, 3.63) is 24.5 Å². The third-order valence-corrected chi connectivity index (χ3v) is 3.07. The van der Waals surface area contributed by atoms with Crippen molar-refractivity contribution in [1.29, 1.82) is 0 Å². The molecule has 2 aromatic rings. The molecule has 0 aliphatic rings. The molecule has 0 aliphatic carbocycles. The van der Waals surface area contributed by atoms with Crippen LogP contribution in [-0.2, 0) is 0 Å². The molecule has 2 rings (SSSR count). The van der Waals surface area contributed by atoms with E-state index in [1.54, 1.807) is 12.4 Å². The Morgan fingerprint density at radius 3 is 2.65 bits per heavy atom. The number of anilines is 1. The average molecular weight is 230 g/mol. The van der Waals surface area contributed by atoms with Crippen molar-refractivity contribution in [3.63, 3.8) is 0 Å². The summed E-state index contributed by atoms with van der Waals surface area (Å²) in [7, 11) is 0. The lowest BCUT2D eigenvalue weighted by Gasteiger charge is -2.16. The molecule has 0 saturated heterocycles. The fourth-order valence-corrected chi connectivity index (χ4v) is 1.45. The predicted molar refractivity (Wildman–Crippen MR) is 69.8 cm³/mol. The maximum atomic E-state index is 4.42. The topological polar surface area (TPSA) is 50.7 Å². The van der Waals surface area contributed by atoms with E-state index in [0.717, 1.165) is 17.9 Å². The molecular formula is C13H18N4. The molecule has 4 nitrogen and oxygen atoms in total. The van der Waals surface area contributed by atoms with Crippen molar-refractivity contribution in [2.45, 2.75) is 20.8 Å². The Labute approximate surface area is 102 Å². The highest BCUT2D eigenvalue weighted by Crippen LogP contribution is 2.13. The van der Waals surface area contributed by atoms with Gasteiger partial charge in [-0.05, 0) is 24.0 Å². The Balaban J connectivity index is 2.09. The van der Waals surface area contributed by atoms with Crippen LogP contribution in [-0.4, -0.2) is 21.5 Å². The molecule has 0 aliphatic heterocycles. The predicted octanol–water partition coefficient (Wildman–Crippen LogP) is 2.73. The van der Waals surface area contributed by atoms with Crippen LogP contribution in [0.4, 0.5) is 5.82 Å². The smallest absolute Gasteiger partial charge is 0.180 e. The molecule has 0 amide bonds. The highest BCUT2D eigenvalue weighted by molar-refractivity contribution is 5.71. The zero-order valence-electron chi connectivity index (χ0n) is 10.5. The van der Waals surface area contributed by atoms with Crippen molar-refractivity contribution in [1.82, 2.24) is 15.0 Å². The molecule has 17 heavy (non-hydrogen) atoms. The third-order valence-electron chi connectivity index (χ3n) is 3.07. The second-order valence-corrected chi connectivity index (χ2v) is 4.70. The summed E-state index contributed by atoms with van der Waals surface area (Å²) < 4.78 is 0. The molecule has 2 aromatic heterocycles. The third kappa shape index (κ3) is 2.90. The standard InChI is InChI=1S/C13H18N4/c1-9(2)10(3)8-16-12-5-4-11-13(17-12)15-7-6-14-11/h4-7,9-10H,8H2,1-3H3,(H,15,16,17). The van der Waals surface area contributed by atoms with Crippen molar-refractivity contribution in [2.75, 3.05) is 11.9 Å². The first-order valence-corrected chi connectivity index (χ1v) is 5.98. The van der Waals surface area contributed by atoms with Gasteiger partial charge in [-0.15, -0.1) is 0 Å². The highest BCUT2D eigenvalue weighted by atomic mass is 15.0. The Hall–Kier alpha value is -1.71. The van der Waals surface area contributed by atoms with E-state index in [-0.39, 0.29) is 0 Å². The van der Waals surface area contributed by atoms with Gasteiger partial charge >= 0.3 is 0 Å². The van der Waals surface area contributed by atoms with Crippen LogP contribution in [0.25, 0.3) is 11.2 Å². The Kier molecular flexibility index (Phi) is 3.52. The van der Waals surface area contributed by atoms with Crippen LogP contribution < -0.4 is 5.32 Å². The van der Waals surface area contributed by atoms with Gasteiger partial charge in [0.05, 0.1) is 0 Å². The summed E-state index contributed by atoms with van der Waals surface area (Å²) in [6.07, 6.45) is 3.34. The van der Waals surface area contributed by atoms with E-state index >= 15 is 0 Å². The number of nitrogens with one attached hydrogen (secondary N) is 1. The van der Waals surface area contributed by atoms with Crippen molar-refractivity contribution < 1.29 is 0 Å². The fraction of sp³-hybridized carbons (Fsp3) is 0.462. The molecule has 90 valence electrons. The zero-order valence-corrected chi connectivity index (χ0v) is 10.5. The van der Waals surface area contributed by atoms with Gasteiger partial charge < -0.3 is 5.32 Å². The minimum Gasteiger partial charge on any atom is -0.370 e. The van der Waals surface area contributed by atoms with Gasteiger partial charge in [-0.2, -0.15) is 0 Å². The SMILES string of the molecule is CC(C)C(C)CNc1ccc2nccnc2n1. The van der Waals surface area contributed by atoms with Crippen LogP contribution in [0.3, 0.4) is 0 Å². The maximum absolute atomic E-state index is 4.42. The number of hydrogen-bond acceptors (Lipinski definition) is 4. The number of nitrogens with zero attached hydrogens (tertiary/aromatic N) is 3. The van der Waals surface area contributed by atoms with E-state index in [0.29, 0.717) is 17.5 Å². The number of aromatic nitrogens is 3. The summed E-state index contributed by atoms with van der Waals surface area (Å²) in [5, 5.41) is 3.34. The van der Waals surface area contributed by atoms with Crippen LogP contribution in [0.5, 0.6) is 0 Å². The molecule has 0 aromatic carbocycles. The van der Waals surface area contributed by atoms with E-state index in [9.17, 15) is 0 Å². The summed E-state index contributed by atoms with van der Waals surface area (Å²) in [6.45, 7) is 7.62. The largest absolute Gasteiger partial charge is 0.370 e. The number of fused-ring (bicyclic) bond motifs is 1. The number of rotatable bonds is 4. The highest BCUT2D eigenvalue weighted by Gasteiger charge is 2.07. The van der Waals surface area contributed by atoms with E-state index < -0.39 is 0 Å². The van der Waals surface area contributed by atoms with Crippen LogP contribution in [0.15, 0.2) is 24.5 Å². The first-order valence-electron chi connectivity index (χ1n) is 5.98. The molecule has 1 N–H and O–H groups in total. The lowest BCUT2D eigenvalue weighted by atomic mass is 9.98. The summed E-state index contributed by atoms with van der Waals surface area (Å²) in [6, 6.07) is 3.89. The molecule has 0 fully saturated rings. The fourth-order valence-electron chi connectivity index (χ4n) is 1.45. The molecule has 0 bridgehead atoms. The van der Waals surface area contributed by atoms with Crippen LogP contribution in [0.1, 0.15) is 20.8 Å². The monoisotopic (exact) mass is 230 g/mol. The quantitative estimate of drug-likeness (QED) is 0.877. The summed E-state index contributed by atoms with van der Waals surface area (Å²) in [4.78, 5) is 12.8. The van der Waals surface area contributed by atoms with Crippen LogP contribution >= 0.6 is 0 Å². The number of pyridine rings is 1. The molecule has 0 spiro atoms. The van der Waals surface area contributed by atoms with Gasteiger partial charge in [0.1, 0.15) is 11.3 Å². The summed E-state index contributed by atoms with van der Waals surface area (Å²) in [5.74, 6) is 2.16. The second-order valence-electron chi connectivity index (χ2n) is 4.70. The Morgan fingerprint density at radius 2 is 1.88 bits per heavy atom. The van der Waals surface area contributed by atoms with Gasteiger partial charge in [0.2, 0.25) is 0 Å². The van der Waals surface area contributed by atoms with Gasteiger partial charge in [-0.25, -0.2) is 9.97 Å². The molecule has 1 unspecified atom stereocenters. The maximum Gasteiger partial charge on any atom is 0.180 e. The van der Waals surface area contributed by atoms with Gasteiger partial charge in [0.15, 0.2) is 5.65 Å². The zero-order chi connectivity index (χ0) is 12.3. The lowest BCUT2D eigenvalue weighted by molar-refractivity contribution is 0.439. The Bertz CT molecular complexity index is 495. The minimum absolute atomic E-state index is 0.620. The van der Waals surface area contributed by atoms with Crippen LogP contribution in [0.2, 0.25) is 0 Å². The molecule has 0 radical (unpaired) electrons. The number of hydrogen-bond donors (Lipinski definition) is 1. The van der Waals surface area contributed by atoms with Crippen molar-refractivity contribution >= 4 is 17.0 Å². The van der Waals surface area contributed by atoms with Gasteiger partial charge in [0, 0.05) is 18.9 Å². The molecular weight excluding hydrogens is 212 g/mol. The first-order chi connectivity index (χ1) is 8.16. The molecule has 0 saturated carbocycles. The molecule has 4 heteroatoms. The first kappa shape index (κ1) is 11.8. The van der Waals surface area contributed by atoms with Gasteiger partial charge in [-0.3, -0.25) is 4.98 Å². The summed E-state index contributed by atoms with van der Waals surface area (Å²) in [5.41, 5.74) is 1.52. The lowest BCUT2D eigenvalue weighted by Crippen LogP contribution is -2.16. The van der Waals surface area contributed by atoms with Crippen LogP contribution in [0, 0.1) is 11.8 Å². The minimum atomic E-state index is 0.620. The molecule has 2 heterocycles. The summed E-state index contributed by atoms with van der Waals surface area (Å²) >= 11 is 0. The Morgan fingerprint density at radius 1 is 1.12 bits per heavy atom. The second kappa shape index (κ2) is 5.08. The van der Waals surface area contributed by atoms with E-state index in [2.05, 4.69) is 41.0 Å². The van der Waals surface area contributed by atoms with Crippen molar-refractivity contribution in [3.8, 4) is 0 Å². The van der Waals surface area contributed by atoms with E-state index in [1.807, 2.05) is 12.1 Å². The van der Waals surface area contributed by atoms with E-state index in [4.69, 9.17) is 0 Å².